The molecule has 0 amide bonds. The van der Waals surface area contributed by atoms with Crippen LogP contribution in [-0.4, -0.2) is 58.2 Å². The lowest BCUT2D eigenvalue weighted by Gasteiger charge is -2.35. The zero-order valence-corrected chi connectivity index (χ0v) is 12.8. The van der Waals surface area contributed by atoms with E-state index in [-0.39, 0.29) is 24.1 Å². The zero-order valence-electron chi connectivity index (χ0n) is 12.8. The molecule has 3 heterocycles. The van der Waals surface area contributed by atoms with Crippen molar-refractivity contribution in [1.29, 1.82) is 0 Å². The number of anilines is 1. The number of rotatable bonds is 2. The van der Waals surface area contributed by atoms with Gasteiger partial charge in [-0.3, -0.25) is 0 Å². The summed E-state index contributed by atoms with van der Waals surface area (Å²) in [4.78, 5) is 13.3. The van der Waals surface area contributed by atoms with Crippen molar-refractivity contribution in [3.63, 3.8) is 0 Å². The summed E-state index contributed by atoms with van der Waals surface area (Å²) in [5.74, 6) is -1.49. The summed E-state index contributed by atoms with van der Waals surface area (Å²) in [5.41, 5.74) is -0.0168. The van der Waals surface area contributed by atoms with E-state index in [2.05, 4.69) is 20.0 Å². The molecule has 0 spiro atoms. The first-order valence-electron chi connectivity index (χ1n) is 7.07. The molecule has 1 aliphatic rings. The number of hydrogen-bond donors (Lipinski definition) is 0. The van der Waals surface area contributed by atoms with Crippen molar-refractivity contribution >= 4 is 17.4 Å². The monoisotopic (exact) mass is 345 g/mol. The Balaban J connectivity index is 1.95. The lowest BCUT2D eigenvalue weighted by molar-refractivity contribution is -0.158. The molecule has 0 aliphatic carbocycles. The summed E-state index contributed by atoms with van der Waals surface area (Å²) in [7, 11) is 1.24. The Bertz CT molecular complexity index is 763. The van der Waals surface area contributed by atoms with Gasteiger partial charge in [0.2, 0.25) is 0 Å². The second kappa shape index (κ2) is 5.89. The van der Waals surface area contributed by atoms with Crippen molar-refractivity contribution < 1.29 is 27.4 Å². The van der Waals surface area contributed by atoms with Crippen LogP contribution in [0.4, 0.5) is 19.0 Å². The molecule has 0 radical (unpaired) electrons. The van der Waals surface area contributed by atoms with Crippen molar-refractivity contribution in [3.05, 3.63) is 18.0 Å². The number of hydrogen-bond acceptors (Lipinski definition) is 7. The fourth-order valence-corrected chi connectivity index (χ4v) is 2.52. The van der Waals surface area contributed by atoms with Gasteiger partial charge in [-0.15, -0.1) is 15.3 Å². The van der Waals surface area contributed by atoms with Gasteiger partial charge in [-0.2, -0.15) is 17.7 Å². The molecular weight excluding hydrogens is 331 g/mol. The van der Waals surface area contributed by atoms with Gasteiger partial charge in [-0.1, -0.05) is 0 Å². The summed E-state index contributed by atoms with van der Waals surface area (Å²) >= 11 is 0. The van der Waals surface area contributed by atoms with Crippen LogP contribution in [0.15, 0.2) is 12.1 Å². The number of carbonyl (C=O) groups excluding carboxylic acids is 1. The molecule has 2 aromatic heterocycles. The number of ether oxygens (including phenoxy) is 2. The molecule has 1 fully saturated rings. The van der Waals surface area contributed by atoms with E-state index in [4.69, 9.17) is 4.74 Å². The first-order valence-corrected chi connectivity index (χ1v) is 7.07. The molecule has 2 aromatic rings. The highest BCUT2D eigenvalue weighted by molar-refractivity contribution is 5.75. The van der Waals surface area contributed by atoms with Crippen LogP contribution in [0.25, 0.3) is 5.65 Å². The van der Waals surface area contributed by atoms with Gasteiger partial charge in [-0.25, -0.2) is 4.79 Å². The second-order valence-corrected chi connectivity index (χ2v) is 5.35. The lowest BCUT2D eigenvalue weighted by atomic mass is 10.2. The first kappa shape index (κ1) is 16.4. The van der Waals surface area contributed by atoms with Crippen LogP contribution in [0.2, 0.25) is 0 Å². The molecule has 130 valence electrons. The van der Waals surface area contributed by atoms with E-state index in [1.807, 2.05) is 0 Å². The number of nitrogens with zero attached hydrogens (tertiary/aromatic N) is 5. The van der Waals surface area contributed by atoms with Crippen LogP contribution >= 0.6 is 0 Å². The van der Waals surface area contributed by atoms with Crippen LogP contribution in [0.5, 0.6) is 0 Å². The SMILES string of the molecule is COC(=O)C1CN(c2ccc3nnc(C(F)(F)F)n3n2)C[C@@H](C)O1. The number of esters is 1. The Hall–Kier alpha value is -2.43. The molecule has 0 saturated carbocycles. The van der Waals surface area contributed by atoms with E-state index in [9.17, 15) is 18.0 Å². The summed E-state index contributed by atoms with van der Waals surface area (Å²) in [5, 5.41) is 10.6. The Morgan fingerprint density at radius 2 is 2.08 bits per heavy atom. The molecule has 1 unspecified atom stereocenters. The maximum atomic E-state index is 12.9. The number of carbonyl (C=O) groups is 1. The van der Waals surface area contributed by atoms with Crippen LogP contribution in [-0.2, 0) is 20.4 Å². The predicted octanol–water partition coefficient (Wildman–Crippen LogP) is 0.910. The Morgan fingerprint density at radius 1 is 1.33 bits per heavy atom. The molecule has 2 atom stereocenters. The fourth-order valence-electron chi connectivity index (χ4n) is 2.52. The van der Waals surface area contributed by atoms with E-state index in [0.717, 1.165) is 0 Å². The summed E-state index contributed by atoms with van der Waals surface area (Å²) in [6, 6.07) is 2.91. The predicted molar refractivity (Wildman–Crippen MR) is 74.3 cm³/mol. The summed E-state index contributed by atoms with van der Waals surface area (Å²) in [6.07, 6.45) is -5.82. The molecule has 0 N–H and O–H groups in total. The van der Waals surface area contributed by atoms with Gasteiger partial charge >= 0.3 is 12.1 Å². The van der Waals surface area contributed by atoms with Gasteiger partial charge in [0, 0.05) is 6.54 Å². The van der Waals surface area contributed by atoms with Crippen LogP contribution < -0.4 is 4.90 Å². The van der Waals surface area contributed by atoms with Gasteiger partial charge in [-0.05, 0) is 19.1 Å². The minimum Gasteiger partial charge on any atom is -0.467 e. The molecular formula is C13H14F3N5O3. The highest BCUT2D eigenvalue weighted by Gasteiger charge is 2.38. The van der Waals surface area contributed by atoms with Crippen LogP contribution in [0.3, 0.4) is 0 Å². The maximum absolute atomic E-state index is 12.9. The molecule has 3 rings (SSSR count). The van der Waals surface area contributed by atoms with Crippen molar-refractivity contribution in [1.82, 2.24) is 19.8 Å². The third kappa shape index (κ3) is 2.98. The average Bonchev–Trinajstić information content (AvgIpc) is 2.96. The standard InChI is InChI=1S/C13H14F3N5O3/c1-7-5-20(6-8(24-7)11(22)23-2)10-4-3-9-17-18-12(13(14,15)16)21(9)19-10/h3-4,7-8H,5-6H2,1-2H3/t7-,8?/m1/s1. The number of morpholine rings is 1. The third-order valence-electron chi connectivity index (χ3n) is 3.55. The molecule has 1 aliphatic heterocycles. The van der Waals surface area contributed by atoms with Crippen molar-refractivity contribution in [2.24, 2.45) is 0 Å². The topological polar surface area (TPSA) is 81.9 Å². The molecule has 0 aromatic carbocycles. The summed E-state index contributed by atoms with van der Waals surface area (Å²) < 4.78 is 49.6. The largest absolute Gasteiger partial charge is 0.467 e. The molecule has 1 saturated heterocycles. The molecule has 8 nitrogen and oxygen atoms in total. The van der Waals surface area contributed by atoms with Gasteiger partial charge in [0.15, 0.2) is 11.8 Å². The van der Waals surface area contributed by atoms with Crippen molar-refractivity contribution in [2.75, 3.05) is 25.1 Å². The average molecular weight is 345 g/mol. The number of methoxy groups -OCH3 is 1. The normalized spacial score (nSPS) is 22.0. The molecule has 0 bridgehead atoms. The molecule has 24 heavy (non-hydrogen) atoms. The third-order valence-corrected chi connectivity index (χ3v) is 3.55. The van der Waals surface area contributed by atoms with Crippen LogP contribution in [0, 0.1) is 0 Å². The zero-order chi connectivity index (χ0) is 17.5. The van der Waals surface area contributed by atoms with Crippen LogP contribution in [0.1, 0.15) is 12.7 Å². The van der Waals surface area contributed by atoms with Gasteiger partial charge in [0.05, 0.1) is 19.8 Å². The smallest absolute Gasteiger partial charge is 0.453 e. The molecule has 11 heteroatoms. The Morgan fingerprint density at radius 3 is 2.75 bits per heavy atom. The highest BCUT2D eigenvalue weighted by Crippen LogP contribution is 2.28. The number of halogens is 3. The number of fused-ring (bicyclic) bond motifs is 1. The Kier molecular flexibility index (Phi) is 4.03. The van der Waals surface area contributed by atoms with E-state index in [0.29, 0.717) is 11.1 Å². The fraction of sp³-hybridized carbons (Fsp3) is 0.538. The van der Waals surface area contributed by atoms with Gasteiger partial charge in [0.25, 0.3) is 5.82 Å². The quantitative estimate of drug-likeness (QED) is 0.748. The second-order valence-electron chi connectivity index (χ2n) is 5.35. The minimum absolute atomic E-state index is 0.0168. The van der Waals surface area contributed by atoms with Crippen molar-refractivity contribution in [3.8, 4) is 0 Å². The van der Waals surface area contributed by atoms with Gasteiger partial charge < -0.3 is 14.4 Å². The van der Waals surface area contributed by atoms with E-state index < -0.39 is 24.1 Å². The number of alkyl halides is 3. The van der Waals surface area contributed by atoms with E-state index in [1.54, 1.807) is 11.8 Å². The van der Waals surface area contributed by atoms with E-state index in [1.165, 1.54) is 19.2 Å². The lowest BCUT2D eigenvalue weighted by Crippen LogP contribution is -2.50. The van der Waals surface area contributed by atoms with Gasteiger partial charge in [0.1, 0.15) is 5.82 Å². The first-order chi connectivity index (χ1) is 11.3. The summed E-state index contributed by atoms with van der Waals surface area (Å²) in [6.45, 7) is 2.25. The minimum atomic E-state index is -4.67. The number of aromatic nitrogens is 4. The van der Waals surface area contributed by atoms with Crippen molar-refractivity contribution in [2.45, 2.75) is 25.3 Å². The van der Waals surface area contributed by atoms with E-state index >= 15 is 0 Å². The maximum Gasteiger partial charge on any atom is 0.453 e. The Labute approximate surface area is 134 Å². The highest BCUT2D eigenvalue weighted by atomic mass is 19.4.